The van der Waals surface area contributed by atoms with E-state index >= 15 is 0 Å². The van der Waals surface area contributed by atoms with E-state index in [1.165, 1.54) is 46.0 Å². The Morgan fingerprint density at radius 1 is 1.05 bits per heavy atom. The van der Waals surface area contributed by atoms with Gasteiger partial charge in [0.15, 0.2) is 0 Å². The maximum atomic E-state index is 14.9. The zero-order chi connectivity index (χ0) is 30.8. The summed E-state index contributed by atoms with van der Waals surface area (Å²) in [7, 11) is 2.83. The second-order valence-corrected chi connectivity index (χ2v) is 12.4. The van der Waals surface area contributed by atoms with Gasteiger partial charge in [0.05, 0.1) is 36.4 Å². The highest BCUT2D eigenvalue weighted by Gasteiger charge is 2.49. The average molecular weight is 613 g/mol. The van der Waals surface area contributed by atoms with Crippen LogP contribution in [0.25, 0.3) is 0 Å². The first-order chi connectivity index (χ1) is 21.2. The number of hydrazine groups is 1. The van der Waals surface area contributed by atoms with Crippen molar-refractivity contribution in [2.75, 3.05) is 50.6 Å². The van der Waals surface area contributed by atoms with Gasteiger partial charge in [0.25, 0.3) is 5.91 Å². The molecular weight excluding hydrogens is 570 g/mol. The van der Waals surface area contributed by atoms with Crippen LogP contribution in [0, 0.1) is 5.92 Å². The normalized spacial score (nSPS) is 23.7. The third-order valence-corrected chi connectivity index (χ3v) is 9.61. The van der Waals surface area contributed by atoms with Crippen molar-refractivity contribution < 1.29 is 23.1 Å². The van der Waals surface area contributed by atoms with Gasteiger partial charge in [-0.2, -0.15) is 8.78 Å². The Bertz CT molecular complexity index is 1360. The highest BCUT2D eigenvalue weighted by atomic mass is 19.3. The average Bonchev–Trinajstić information content (AvgIpc) is 3.57. The minimum absolute atomic E-state index is 0.0894. The minimum atomic E-state index is -3.73. The molecule has 4 aliphatic rings. The number of ether oxygens (including phenoxy) is 1. The number of amides is 2. The van der Waals surface area contributed by atoms with Crippen LogP contribution in [0.2, 0.25) is 0 Å². The van der Waals surface area contributed by atoms with E-state index in [0.717, 1.165) is 63.2 Å². The molecule has 3 heterocycles. The summed E-state index contributed by atoms with van der Waals surface area (Å²) in [6.07, 6.45) is 11.0. The van der Waals surface area contributed by atoms with Crippen molar-refractivity contribution in [3.8, 4) is 5.75 Å². The van der Waals surface area contributed by atoms with Crippen molar-refractivity contribution >= 4 is 29.1 Å². The Hall–Kier alpha value is -3.42. The van der Waals surface area contributed by atoms with E-state index in [9.17, 15) is 18.4 Å². The van der Waals surface area contributed by atoms with Gasteiger partial charge in [-0.25, -0.2) is 20.3 Å². The van der Waals surface area contributed by atoms with E-state index in [1.54, 1.807) is 18.2 Å². The molecule has 44 heavy (non-hydrogen) atoms. The zero-order valence-electron chi connectivity index (χ0n) is 25.5. The van der Waals surface area contributed by atoms with Gasteiger partial charge >= 0.3 is 12.0 Å². The van der Waals surface area contributed by atoms with Crippen LogP contribution >= 0.6 is 0 Å². The van der Waals surface area contributed by atoms with E-state index < -0.39 is 18.0 Å². The molecule has 3 fully saturated rings. The first-order valence-corrected chi connectivity index (χ1v) is 15.8. The summed E-state index contributed by atoms with van der Waals surface area (Å²) in [5, 5.41) is 7.43. The molecule has 11 nitrogen and oxygen atoms in total. The summed E-state index contributed by atoms with van der Waals surface area (Å²) in [6.45, 7) is 3.43. The fourth-order valence-corrected chi connectivity index (χ4v) is 7.12. The smallest absolute Gasteiger partial charge is 0.382 e. The molecule has 2 aliphatic heterocycles. The predicted octanol–water partition coefficient (Wildman–Crippen LogP) is 4.21. The van der Waals surface area contributed by atoms with Crippen molar-refractivity contribution in [1.29, 1.82) is 0 Å². The van der Waals surface area contributed by atoms with Gasteiger partial charge < -0.3 is 15.0 Å². The molecule has 1 aromatic carbocycles. The Labute approximate surface area is 256 Å². The number of fused-ring (bicyclic) bond motifs is 1. The van der Waals surface area contributed by atoms with Crippen molar-refractivity contribution in [1.82, 2.24) is 30.6 Å². The summed E-state index contributed by atoms with van der Waals surface area (Å²) in [6, 6.07) is 1.19. The number of nitrogens with one attached hydrogen (secondary N) is 3. The molecule has 1 unspecified atom stereocenters. The number of halogens is 2. The number of rotatable bonds is 7. The van der Waals surface area contributed by atoms with E-state index in [4.69, 9.17) is 4.74 Å². The van der Waals surface area contributed by atoms with Gasteiger partial charge in [0.2, 0.25) is 5.95 Å². The van der Waals surface area contributed by atoms with Crippen molar-refractivity contribution in [3.05, 3.63) is 35.7 Å². The van der Waals surface area contributed by atoms with Gasteiger partial charge in [-0.3, -0.25) is 19.9 Å². The molecule has 6 rings (SSSR count). The number of hydrogen-bond acceptors (Lipinski definition) is 9. The number of likely N-dealkylation sites (N-methyl/N-ethyl adjacent to an activating group) is 1. The van der Waals surface area contributed by atoms with E-state index in [2.05, 4.69) is 30.9 Å². The first kappa shape index (κ1) is 30.6. The second-order valence-electron chi connectivity index (χ2n) is 12.4. The molecule has 2 amide bonds. The van der Waals surface area contributed by atoms with Crippen LogP contribution in [0.4, 0.5) is 26.1 Å². The molecule has 2 aromatic rings. The molecular formula is C31H42F2N8O3. The highest BCUT2D eigenvalue weighted by molar-refractivity contribution is 5.99. The van der Waals surface area contributed by atoms with Crippen LogP contribution in [-0.2, 0) is 4.79 Å². The summed E-state index contributed by atoms with van der Waals surface area (Å²) in [4.78, 5) is 38.2. The Kier molecular flexibility index (Phi) is 8.97. The molecule has 238 valence electrons. The largest absolute Gasteiger partial charge is 0.495 e. The molecule has 0 radical (unpaired) electrons. The first-order valence-electron chi connectivity index (χ1n) is 15.8. The van der Waals surface area contributed by atoms with Gasteiger partial charge in [-0.05, 0) is 49.8 Å². The molecule has 2 aliphatic carbocycles. The molecule has 0 bridgehead atoms. The number of nitrogens with zero attached hydrogens (tertiary/aromatic N) is 5. The number of hydrogen-bond donors (Lipinski definition) is 3. The maximum absolute atomic E-state index is 14.9. The number of carbonyl (C=O) groups excluding carboxylic acids is 2. The minimum Gasteiger partial charge on any atom is -0.495 e. The summed E-state index contributed by atoms with van der Waals surface area (Å²) in [5.74, 6) is -1.07. The fourth-order valence-electron chi connectivity index (χ4n) is 7.12. The number of methoxy groups -OCH3 is 1. The molecule has 1 atom stereocenters. The van der Waals surface area contributed by atoms with E-state index in [0.29, 0.717) is 28.7 Å². The summed E-state index contributed by atoms with van der Waals surface area (Å²) < 4.78 is 35.5. The van der Waals surface area contributed by atoms with Crippen LogP contribution in [0.1, 0.15) is 79.9 Å². The lowest BCUT2D eigenvalue weighted by Crippen LogP contribution is -2.55. The van der Waals surface area contributed by atoms with Crippen molar-refractivity contribution in [2.45, 2.75) is 75.9 Å². The lowest BCUT2D eigenvalue weighted by molar-refractivity contribution is -0.148. The summed E-state index contributed by atoms with van der Waals surface area (Å²) >= 11 is 0. The maximum Gasteiger partial charge on any atom is 0.382 e. The third kappa shape index (κ3) is 6.36. The van der Waals surface area contributed by atoms with Crippen LogP contribution < -0.4 is 25.7 Å². The van der Waals surface area contributed by atoms with E-state index in [-0.39, 0.29) is 23.5 Å². The Balaban J connectivity index is 1.17. The van der Waals surface area contributed by atoms with Crippen LogP contribution in [0.15, 0.2) is 24.4 Å². The number of anilines is 3. The topological polar surface area (TPSA) is 115 Å². The standard InChI is InChI=1S/C31H42F2N8O3/c1-39-24-19-34-30(36-27(24)26(20-8-4-3-5-9-20)37-31(32,33)29(39)43)35-23-13-12-21(18-25(23)44-2)28(42)38-41-16-14-40(15-17-41)22-10-6-7-11-22/h12-13,18-20,22,26,37H,3-11,14-17H2,1-2H3,(H,38,42)(H,34,35,36). The quantitative estimate of drug-likeness (QED) is 0.396. The number of alkyl halides is 2. The molecule has 3 N–H and O–H groups in total. The second kappa shape index (κ2) is 12.9. The lowest BCUT2D eigenvalue weighted by Gasteiger charge is -2.37. The Morgan fingerprint density at radius 2 is 1.75 bits per heavy atom. The van der Waals surface area contributed by atoms with Gasteiger partial charge in [0.1, 0.15) is 5.75 Å². The number of carbonyl (C=O) groups is 2. The molecule has 1 aromatic heterocycles. The number of aromatic nitrogens is 2. The van der Waals surface area contributed by atoms with E-state index in [1.807, 2.05) is 5.01 Å². The van der Waals surface area contributed by atoms with Crippen LogP contribution in [0.3, 0.4) is 0 Å². The number of benzene rings is 1. The molecule has 13 heteroatoms. The highest BCUT2D eigenvalue weighted by Crippen LogP contribution is 2.42. The van der Waals surface area contributed by atoms with Crippen LogP contribution in [0.5, 0.6) is 5.75 Å². The predicted molar refractivity (Wildman–Crippen MR) is 162 cm³/mol. The molecule has 2 saturated carbocycles. The van der Waals surface area contributed by atoms with Gasteiger partial charge in [-0.1, -0.05) is 32.1 Å². The fraction of sp³-hybridized carbons (Fsp3) is 0.613. The monoisotopic (exact) mass is 612 g/mol. The molecule has 0 spiro atoms. The molecule has 1 saturated heterocycles. The SMILES string of the molecule is COc1cc(C(=O)NN2CCN(C3CCCC3)CC2)ccc1Nc1ncc2c(n1)C(C1CCCCC1)NC(F)(F)C(=O)N2C. The van der Waals surface area contributed by atoms with Gasteiger partial charge in [0, 0.05) is 44.8 Å². The van der Waals surface area contributed by atoms with Gasteiger partial charge in [-0.15, -0.1) is 0 Å². The van der Waals surface area contributed by atoms with Crippen molar-refractivity contribution in [2.24, 2.45) is 5.92 Å². The lowest BCUT2D eigenvalue weighted by atomic mass is 9.82. The third-order valence-electron chi connectivity index (χ3n) is 9.61. The van der Waals surface area contributed by atoms with Crippen LogP contribution in [-0.4, -0.2) is 84.1 Å². The summed E-state index contributed by atoms with van der Waals surface area (Å²) in [5.41, 5.74) is 4.59. The number of piperazine rings is 1. The van der Waals surface area contributed by atoms with Crippen molar-refractivity contribution in [3.63, 3.8) is 0 Å². The Morgan fingerprint density at radius 3 is 2.45 bits per heavy atom. The zero-order valence-corrected chi connectivity index (χ0v) is 25.5.